The van der Waals surface area contributed by atoms with Crippen LogP contribution in [0.3, 0.4) is 0 Å². The first-order chi connectivity index (χ1) is 15.5. The molecule has 158 valence electrons. The molecule has 0 bridgehead atoms. The van der Waals surface area contributed by atoms with Crippen molar-refractivity contribution < 1.29 is 14.7 Å². The molecule has 3 aromatic carbocycles. The molecule has 5 nitrogen and oxygen atoms in total. The van der Waals surface area contributed by atoms with Crippen LogP contribution in [0.25, 0.3) is 16.7 Å². The Morgan fingerprint density at radius 2 is 1.66 bits per heavy atom. The molecule has 1 aromatic heterocycles. The fraction of sp³-hybridized carbons (Fsp3) is 0.0769. The number of rotatable bonds is 3. The van der Waals surface area contributed by atoms with Crippen LogP contribution in [-0.2, 0) is 16.6 Å². The number of hydrogen-bond acceptors (Lipinski definition) is 3. The molecule has 6 heteroatoms. The lowest BCUT2D eigenvalue weighted by molar-refractivity contribution is -0.132. The van der Waals surface area contributed by atoms with Crippen molar-refractivity contribution in [3.05, 3.63) is 107 Å². The summed E-state index contributed by atoms with van der Waals surface area (Å²) in [5, 5.41) is 12.5. The zero-order chi connectivity index (χ0) is 22.4. The lowest BCUT2D eigenvalue weighted by Gasteiger charge is -2.25. The third-order valence-corrected chi connectivity index (χ3v) is 6.03. The molecule has 0 saturated carbocycles. The summed E-state index contributed by atoms with van der Waals surface area (Å²) in [6.45, 7) is 0. The molecular weight excluding hydrogens is 424 g/mol. The summed E-state index contributed by atoms with van der Waals surface area (Å²) in [7, 11) is 1.91. The average molecular weight is 443 g/mol. The Bertz CT molecular complexity index is 1410. The van der Waals surface area contributed by atoms with Crippen LogP contribution in [0.1, 0.15) is 17.2 Å². The highest BCUT2D eigenvalue weighted by atomic mass is 35.5. The van der Waals surface area contributed by atoms with E-state index in [9.17, 15) is 14.7 Å². The molecule has 0 spiro atoms. The monoisotopic (exact) mass is 442 g/mol. The second-order valence-electron chi connectivity index (χ2n) is 7.73. The largest absolute Gasteiger partial charge is 0.507 e. The van der Waals surface area contributed by atoms with E-state index in [0.717, 1.165) is 16.5 Å². The van der Waals surface area contributed by atoms with Crippen LogP contribution in [0.5, 0.6) is 0 Å². The van der Waals surface area contributed by atoms with Crippen LogP contribution in [-0.4, -0.2) is 21.4 Å². The minimum atomic E-state index is -0.789. The molecule has 0 radical (unpaired) electrons. The average Bonchev–Trinajstić information content (AvgIpc) is 3.28. The number of carbonyl (C=O) groups is 2. The van der Waals surface area contributed by atoms with Gasteiger partial charge in [0, 0.05) is 46.0 Å². The maximum Gasteiger partial charge on any atom is 0.300 e. The maximum absolute atomic E-state index is 13.3. The number of ketones is 1. The van der Waals surface area contributed by atoms with Crippen LogP contribution in [0.2, 0.25) is 5.02 Å². The number of anilines is 1. The molecule has 1 N–H and O–H groups in total. The molecule has 5 rings (SSSR count). The Kier molecular flexibility index (Phi) is 4.83. The smallest absolute Gasteiger partial charge is 0.300 e. The Morgan fingerprint density at radius 1 is 0.938 bits per heavy atom. The van der Waals surface area contributed by atoms with E-state index in [0.29, 0.717) is 16.3 Å². The van der Waals surface area contributed by atoms with Gasteiger partial charge in [-0.1, -0.05) is 60.1 Å². The molecule has 4 aromatic rings. The lowest BCUT2D eigenvalue weighted by atomic mass is 9.95. The van der Waals surface area contributed by atoms with E-state index in [1.54, 1.807) is 36.4 Å². The molecule has 1 amide bonds. The fourth-order valence-electron chi connectivity index (χ4n) is 4.36. The molecule has 1 unspecified atom stereocenters. The summed E-state index contributed by atoms with van der Waals surface area (Å²) in [5.74, 6) is -1.66. The van der Waals surface area contributed by atoms with E-state index >= 15 is 0 Å². The van der Waals surface area contributed by atoms with Crippen LogP contribution in [0, 0.1) is 0 Å². The van der Waals surface area contributed by atoms with Crippen molar-refractivity contribution in [3.63, 3.8) is 0 Å². The van der Waals surface area contributed by atoms with Gasteiger partial charge in [-0.3, -0.25) is 14.5 Å². The van der Waals surface area contributed by atoms with E-state index in [-0.39, 0.29) is 11.3 Å². The van der Waals surface area contributed by atoms with E-state index in [1.165, 1.54) is 4.90 Å². The topological polar surface area (TPSA) is 62.5 Å². The van der Waals surface area contributed by atoms with Crippen molar-refractivity contribution in [2.75, 3.05) is 4.90 Å². The fourth-order valence-corrected chi connectivity index (χ4v) is 4.55. The standard InChI is InChI=1S/C26H19ClN2O3/c1-28-15-20(19-12-5-6-13-21(19)28)23-22(24(30)16-8-7-9-17(27)14-16)25(31)26(32)29(23)18-10-3-2-4-11-18/h2-15,23,30H,1H3/b24-22+. The predicted octanol–water partition coefficient (Wildman–Crippen LogP) is 5.46. The second kappa shape index (κ2) is 7.70. The van der Waals surface area contributed by atoms with Crippen molar-refractivity contribution in [1.29, 1.82) is 0 Å². The van der Waals surface area contributed by atoms with Gasteiger partial charge < -0.3 is 9.67 Å². The van der Waals surface area contributed by atoms with Gasteiger partial charge in [-0.2, -0.15) is 0 Å². The van der Waals surface area contributed by atoms with Crippen molar-refractivity contribution >= 4 is 45.6 Å². The van der Waals surface area contributed by atoms with E-state index in [2.05, 4.69) is 0 Å². The molecule has 1 aliphatic rings. The lowest BCUT2D eigenvalue weighted by Crippen LogP contribution is -2.29. The van der Waals surface area contributed by atoms with Crippen LogP contribution < -0.4 is 4.90 Å². The van der Waals surface area contributed by atoms with Crippen molar-refractivity contribution in [2.24, 2.45) is 7.05 Å². The Hall–Kier alpha value is -3.83. The normalized spacial score (nSPS) is 17.9. The molecule has 2 heterocycles. The number of carbonyl (C=O) groups excluding carboxylic acids is 2. The van der Waals surface area contributed by atoms with E-state index < -0.39 is 17.7 Å². The number of aryl methyl sites for hydroxylation is 1. The first-order valence-electron chi connectivity index (χ1n) is 10.1. The summed E-state index contributed by atoms with van der Waals surface area (Å²) in [6, 6.07) is 22.6. The molecule has 32 heavy (non-hydrogen) atoms. The molecule has 1 fully saturated rings. The van der Waals surface area contributed by atoms with E-state index in [1.807, 2.05) is 60.3 Å². The van der Waals surface area contributed by atoms with Crippen molar-refractivity contribution in [3.8, 4) is 0 Å². The first-order valence-corrected chi connectivity index (χ1v) is 10.5. The zero-order valence-corrected chi connectivity index (χ0v) is 18.0. The second-order valence-corrected chi connectivity index (χ2v) is 8.16. The van der Waals surface area contributed by atoms with E-state index in [4.69, 9.17) is 11.6 Å². The van der Waals surface area contributed by atoms with Gasteiger partial charge in [0.15, 0.2) is 0 Å². The van der Waals surface area contributed by atoms with Gasteiger partial charge in [-0.15, -0.1) is 0 Å². The Balaban J connectivity index is 1.82. The highest BCUT2D eigenvalue weighted by Gasteiger charge is 2.47. The Labute approximate surface area is 189 Å². The molecule has 1 aliphatic heterocycles. The SMILES string of the molecule is Cn1cc(C2/C(=C(\O)c3cccc(Cl)c3)C(=O)C(=O)N2c2ccccc2)c2ccccc21. The minimum Gasteiger partial charge on any atom is -0.507 e. The number of aliphatic hydroxyl groups excluding tert-OH is 1. The van der Waals surface area contributed by atoms with Gasteiger partial charge in [-0.25, -0.2) is 0 Å². The highest BCUT2D eigenvalue weighted by Crippen LogP contribution is 2.44. The molecule has 0 aliphatic carbocycles. The van der Waals surface area contributed by atoms with Crippen molar-refractivity contribution in [1.82, 2.24) is 4.57 Å². The third-order valence-electron chi connectivity index (χ3n) is 5.80. The summed E-state index contributed by atoms with van der Waals surface area (Å²) in [5.41, 5.74) is 2.72. The number of halogens is 1. The number of fused-ring (bicyclic) bond motifs is 1. The number of Topliss-reactive ketones (excluding diaryl/α,β-unsaturated/α-hetero) is 1. The van der Waals surface area contributed by atoms with Crippen LogP contribution >= 0.6 is 11.6 Å². The zero-order valence-electron chi connectivity index (χ0n) is 17.2. The predicted molar refractivity (Wildman–Crippen MR) is 126 cm³/mol. The number of aliphatic hydroxyl groups is 1. The van der Waals surface area contributed by atoms with Gasteiger partial charge in [-0.05, 0) is 30.3 Å². The molecule has 1 saturated heterocycles. The van der Waals surface area contributed by atoms with Gasteiger partial charge in [0.2, 0.25) is 0 Å². The van der Waals surface area contributed by atoms with Gasteiger partial charge in [0.1, 0.15) is 5.76 Å². The van der Waals surface area contributed by atoms with Crippen LogP contribution in [0.15, 0.2) is 90.6 Å². The minimum absolute atomic E-state index is 0.0393. The van der Waals surface area contributed by atoms with Crippen LogP contribution in [0.4, 0.5) is 5.69 Å². The highest BCUT2D eigenvalue weighted by molar-refractivity contribution is 6.52. The first kappa shape index (κ1) is 20.1. The number of benzene rings is 3. The number of hydrogen-bond donors (Lipinski definition) is 1. The van der Waals surface area contributed by atoms with Gasteiger partial charge >= 0.3 is 0 Å². The molecule has 1 atom stereocenters. The molecular formula is C26H19ClN2O3. The van der Waals surface area contributed by atoms with Crippen molar-refractivity contribution in [2.45, 2.75) is 6.04 Å². The van der Waals surface area contributed by atoms with Gasteiger partial charge in [0.05, 0.1) is 11.6 Å². The number of nitrogens with zero attached hydrogens (tertiary/aromatic N) is 2. The summed E-state index contributed by atoms with van der Waals surface area (Å²) >= 11 is 6.12. The quantitative estimate of drug-likeness (QED) is 0.260. The Morgan fingerprint density at radius 3 is 2.41 bits per heavy atom. The number of para-hydroxylation sites is 2. The maximum atomic E-state index is 13.3. The third kappa shape index (κ3) is 3.10. The summed E-state index contributed by atoms with van der Waals surface area (Å²) in [6.07, 6.45) is 1.91. The van der Waals surface area contributed by atoms with Gasteiger partial charge in [0.25, 0.3) is 11.7 Å². The summed E-state index contributed by atoms with van der Waals surface area (Å²) in [4.78, 5) is 28.0. The summed E-state index contributed by atoms with van der Waals surface area (Å²) < 4.78 is 1.95. The number of amides is 1. The number of aromatic nitrogens is 1.